The van der Waals surface area contributed by atoms with E-state index in [9.17, 15) is 17.6 Å². The maximum atomic E-state index is 13.4. The molecule has 7 nitrogen and oxygen atoms in total. The predicted molar refractivity (Wildman–Crippen MR) is 124 cm³/mol. The van der Waals surface area contributed by atoms with Crippen molar-refractivity contribution in [3.63, 3.8) is 0 Å². The summed E-state index contributed by atoms with van der Waals surface area (Å²) in [6.45, 7) is 7.56. The minimum absolute atomic E-state index is 0.0187. The van der Waals surface area contributed by atoms with E-state index in [0.29, 0.717) is 17.8 Å². The van der Waals surface area contributed by atoms with Gasteiger partial charge in [-0.25, -0.2) is 12.8 Å². The van der Waals surface area contributed by atoms with Crippen LogP contribution in [0.25, 0.3) is 0 Å². The number of likely N-dealkylation sites (N-methyl/N-ethyl adjacent to an activating group) is 1. The molecule has 32 heavy (non-hydrogen) atoms. The number of rotatable bonds is 9. The largest absolute Gasteiger partial charge is 0.352 e. The van der Waals surface area contributed by atoms with Gasteiger partial charge in [-0.05, 0) is 81.4 Å². The van der Waals surface area contributed by atoms with Gasteiger partial charge in [-0.3, -0.25) is 9.52 Å². The molecule has 1 aliphatic rings. The Morgan fingerprint density at radius 2 is 1.72 bits per heavy atom. The first-order chi connectivity index (χ1) is 15.2. The molecule has 0 aromatic heterocycles. The van der Waals surface area contributed by atoms with Crippen LogP contribution < -0.4 is 10.0 Å². The smallest absolute Gasteiger partial charge is 0.261 e. The normalized spacial score (nSPS) is 15.5. The van der Waals surface area contributed by atoms with E-state index in [2.05, 4.69) is 26.9 Å². The molecule has 0 spiro atoms. The first kappa shape index (κ1) is 24.2. The Morgan fingerprint density at radius 1 is 1.03 bits per heavy atom. The van der Waals surface area contributed by atoms with Crippen LogP contribution in [0.1, 0.15) is 28.8 Å². The average Bonchev–Trinajstić information content (AvgIpc) is 2.76. The van der Waals surface area contributed by atoms with E-state index in [-0.39, 0.29) is 16.4 Å². The minimum Gasteiger partial charge on any atom is -0.352 e. The number of carbonyl (C=O) groups excluding carboxylic acids is 1. The summed E-state index contributed by atoms with van der Waals surface area (Å²) in [5.41, 5.74) is 1.05. The number of halogens is 1. The molecule has 1 fully saturated rings. The monoisotopic (exact) mass is 462 g/mol. The van der Waals surface area contributed by atoms with E-state index in [0.717, 1.165) is 51.6 Å². The fourth-order valence-corrected chi connectivity index (χ4v) is 4.67. The highest BCUT2D eigenvalue weighted by molar-refractivity contribution is 7.92. The zero-order valence-corrected chi connectivity index (χ0v) is 19.4. The molecule has 1 heterocycles. The molecular formula is C23H31FN4O3S. The fourth-order valence-electron chi connectivity index (χ4n) is 3.52. The van der Waals surface area contributed by atoms with Gasteiger partial charge in [0, 0.05) is 44.0 Å². The fraction of sp³-hybridized carbons (Fsp3) is 0.435. The van der Waals surface area contributed by atoms with Gasteiger partial charge in [0.05, 0.1) is 4.90 Å². The number of unbranched alkanes of at least 4 members (excludes halogenated alkanes) is 1. The van der Waals surface area contributed by atoms with E-state index in [1.54, 1.807) is 12.1 Å². The van der Waals surface area contributed by atoms with Crippen LogP contribution in [0.2, 0.25) is 0 Å². The summed E-state index contributed by atoms with van der Waals surface area (Å²) in [5, 5.41) is 2.91. The molecule has 0 aliphatic carbocycles. The van der Waals surface area contributed by atoms with Gasteiger partial charge in [-0.1, -0.05) is 0 Å². The summed E-state index contributed by atoms with van der Waals surface area (Å²) in [4.78, 5) is 17.1. The number of nitrogens with zero attached hydrogens (tertiary/aromatic N) is 2. The molecule has 0 atom stereocenters. The molecule has 9 heteroatoms. The SMILES string of the molecule is Cc1cc(S(=O)(=O)Nc2ccc(C(=O)NCCCCN3CCN(C)CC3)cc2)ccc1F. The Balaban J connectivity index is 1.44. The number of nitrogens with one attached hydrogen (secondary N) is 2. The number of carbonyl (C=O) groups is 1. The third-order valence-electron chi connectivity index (χ3n) is 5.62. The first-order valence-electron chi connectivity index (χ1n) is 10.8. The van der Waals surface area contributed by atoms with Crippen molar-refractivity contribution in [2.24, 2.45) is 0 Å². The van der Waals surface area contributed by atoms with Gasteiger partial charge in [-0.2, -0.15) is 0 Å². The van der Waals surface area contributed by atoms with Crippen LogP contribution in [-0.2, 0) is 10.0 Å². The topological polar surface area (TPSA) is 81.7 Å². The van der Waals surface area contributed by atoms with Gasteiger partial charge < -0.3 is 15.1 Å². The standard InChI is InChI=1S/C23H31FN4O3S/c1-18-17-21(9-10-22(18)24)32(30,31)26-20-7-5-19(6-8-20)23(29)25-11-3-4-12-28-15-13-27(2)14-16-28/h5-10,17,26H,3-4,11-16H2,1-2H3,(H,25,29). The lowest BCUT2D eigenvalue weighted by molar-refractivity contribution is 0.0952. The molecule has 0 saturated carbocycles. The number of sulfonamides is 1. The first-order valence-corrected chi connectivity index (χ1v) is 12.3. The lowest BCUT2D eigenvalue weighted by atomic mass is 10.2. The molecule has 3 rings (SSSR count). The van der Waals surface area contributed by atoms with Gasteiger partial charge in [-0.15, -0.1) is 0 Å². The summed E-state index contributed by atoms with van der Waals surface area (Å²) < 4.78 is 40.9. The van der Waals surface area contributed by atoms with Crippen LogP contribution in [0.3, 0.4) is 0 Å². The number of hydrogen-bond donors (Lipinski definition) is 2. The Hall–Kier alpha value is -2.49. The van der Waals surface area contributed by atoms with Gasteiger partial charge in [0.15, 0.2) is 0 Å². The Bertz CT molecular complexity index is 1020. The zero-order chi connectivity index (χ0) is 23.1. The maximum Gasteiger partial charge on any atom is 0.261 e. The molecule has 2 aromatic rings. The quantitative estimate of drug-likeness (QED) is 0.560. The number of hydrogen-bond acceptors (Lipinski definition) is 5. The molecular weight excluding hydrogens is 431 g/mol. The van der Waals surface area contributed by atoms with E-state index in [1.807, 2.05) is 0 Å². The number of amides is 1. The van der Waals surface area contributed by atoms with Gasteiger partial charge >= 0.3 is 0 Å². The van der Waals surface area contributed by atoms with E-state index >= 15 is 0 Å². The van der Waals surface area contributed by atoms with Crippen LogP contribution in [0.15, 0.2) is 47.4 Å². The van der Waals surface area contributed by atoms with Gasteiger partial charge in [0.25, 0.3) is 15.9 Å². The van der Waals surface area contributed by atoms with Crippen molar-refractivity contribution < 1.29 is 17.6 Å². The van der Waals surface area contributed by atoms with Crippen LogP contribution in [0.5, 0.6) is 0 Å². The highest BCUT2D eigenvalue weighted by Crippen LogP contribution is 2.19. The molecule has 1 saturated heterocycles. The van der Waals surface area contributed by atoms with Crippen LogP contribution in [0.4, 0.5) is 10.1 Å². The van der Waals surface area contributed by atoms with Crippen molar-refractivity contribution >= 4 is 21.6 Å². The van der Waals surface area contributed by atoms with E-state index < -0.39 is 15.8 Å². The number of anilines is 1. The Morgan fingerprint density at radius 3 is 2.38 bits per heavy atom. The molecule has 2 N–H and O–H groups in total. The number of benzene rings is 2. The van der Waals surface area contributed by atoms with Crippen molar-refractivity contribution in [1.29, 1.82) is 0 Å². The summed E-state index contributed by atoms with van der Waals surface area (Å²) in [5.74, 6) is -0.646. The predicted octanol–water partition coefficient (Wildman–Crippen LogP) is 2.69. The summed E-state index contributed by atoms with van der Waals surface area (Å²) in [6, 6.07) is 9.86. The average molecular weight is 463 g/mol. The number of aryl methyl sites for hydroxylation is 1. The molecule has 0 unspecified atom stereocenters. The second-order valence-electron chi connectivity index (χ2n) is 8.20. The number of piperazine rings is 1. The third-order valence-corrected chi connectivity index (χ3v) is 7.00. The second kappa shape index (κ2) is 10.9. The van der Waals surface area contributed by atoms with Gasteiger partial charge in [0.2, 0.25) is 0 Å². The van der Waals surface area contributed by atoms with Crippen molar-refractivity contribution in [3.05, 3.63) is 59.4 Å². The van der Waals surface area contributed by atoms with E-state index in [1.165, 1.54) is 31.2 Å². The van der Waals surface area contributed by atoms with Gasteiger partial charge in [0.1, 0.15) is 5.82 Å². The lowest BCUT2D eigenvalue weighted by Crippen LogP contribution is -2.44. The molecule has 174 valence electrons. The summed E-state index contributed by atoms with van der Waals surface area (Å²) >= 11 is 0. The van der Waals surface area contributed by atoms with Crippen LogP contribution >= 0.6 is 0 Å². The molecule has 1 amide bonds. The molecule has 0 radical (unpaired) electrons. The van der Waals surface area contributed by atoms with Crippen LogP contribution in [-0.4, -0.2) is 70.4 Å². The molecule has 0 bridgehead atoms. The lowest BCUT2D eigenvalue weighted by Gasteiger charge is -2.32. The molecule has 2 aromatic carbocycles. The molecule has 1 aliphatic heterocycles. The highest BCUT2D eigenvalue weighted by Gasteiger charge is 2.16. The van der Waals surface area contributed by atoms with Crippen molar-refractivity contribution in [3.8, 4) is 0 Å². The maximum absolute atomic E-state index is 13.4. The van der Waals surface area contributed by atoms with Crippen molar-refractivity contribution in [2.45, 2.75) is 24.7 Å². The summed E-state index contributed by atoms with van der Waals surface area (Å²) in [7, 11) is -1.70. The third kappa shape index (κ3) is 6.75. The van der Waals surface area contributed by atoms with Crippen molar-refractivity contribution in [2.75, 3.05) is 51.0 Å². The Labute approximate surface area is 189 Å². The van der Waals surface area contributed by atoms with Crippen molar-refractivity contribution in [1.82, 2.24) is 15.1 Å². The Kier molecular flexibility index (Phi) is 8.22. The summed E-state index contributed by atoms with van der Waals surface area (Å²) in [6.07, 6.45) is 1.95. The van der Waals surface area contributed by atoms with E-state index in [4.69, 9.17) is 0 Å². The van der Waals surface area contributed by atoms with Crippen LogP contribution in [0, 0.1) is 12.7 Å². The second-order valence-corrected chi connectivity index (χ2v) is 9.88. The zero-order valence-electron chi connectivity index (χ0n) is 18.6. The minimum atomic E-state index is -3.84. The highest BCUT2D eigenvalue weighted by atomic mass is 32.2.